The topological polar surface area (TPSA) is 39.7 Å². The number of amidine groups is 1. The third-order valence-corrected chi connectivity index (χ3v) is 8.27. The fourth-order valence-corrected chi connectivity index (χ4v) is 6.68. The molecule has 162 valence electrons. The fourth-order valence-electron chi connectivity index (χ4n) is 5.40. The molecule has 2 heterocycles. The lowest BCUT2D eigenvalue weighted by Gasteiger charge is -2.33. The maximum atomic E-state index is 5.81. The first-order valence-electron chi connectivity index (χ1n) is 12.0. The lowest BCUT2D eigenvalue weighted by Crippen LogP contribution is -2.49. The van der Waals surface area contributed by atoms with Crippen molar-refractivity contribution in [1.82, 2.24) is 15.5 Å². The Hall–Kier alpha value is -0.750. The van der Waals surface area contributed by atoms with Crippen LogP contribution < -0.4 is 10.6 Å². The van der Waals surface area contributed by atoms with Crippen molar-refractivity contribution in [2.45, 2.75) is 102 Å². The van der Waals surface area contributed by atoms with Crippen molar-refractivity contribution in [2.24, 2.45) is 10.9 Å². The highest BCUT2D eigenvalue weighted by molar-refractivity contribution is 8.16. The summed E-state index contributed by atoms with van der Waals surface area (Å²) in [7, 11) is 0. The number of nitrogens with one attached hydrogen (secondary N) is 2. The lowest BCUT2D eigenvalue weighted by atomic mass is 9.84. The summed E-state index contributed by atoms with van der Waals surface area (Å²) in [5.74, 6) is 0.666. The van der Waals surface area contributed by atoms with Gasteiger partial charge in [-0.2, -0.15) is 0 Å². The van der Waals surface area contributed by atoms with Gasteiger partial charge in [-0.15, -0.1) is 0 Å². The second-order valence-corrected chi connectivity index (χ2v) is 10.5. The van der Waals surface area contributed by atoms with Crippen molar-refractivity contribution in [3.05, 3.63) is 11.1 Å². The highest BCUT2D eigenvalue weighted by Gasteiger charge is 2.31. The summed E-state index contributed by atoms with van der Waals surface area (Å²) >= 11 is 7.63. The molecule has 4 aliphatic rings. The average molecular weight is 435 g/mol. The fraction of sp³-hybridized carbons (Fsp3) is 0.826. The molecular weight excluding hydrogens is 396 g/mol. The quantitative estimate of drug-likeness (QED) is 0.568. The number of thioether (sulfide) groups is 1. The molecule has 2 unspecified atom stereocenters. The molecule has 0 saturated heterocycles. The Morgan fingerprint density at radius 2 is 1.66 bits per heavy atom. The van der Waals surface area contributed by atoms with Gasteiger partial charge in [0, 0.05) is 24.3 Å². The first-order valence-corrected chi connectivity index (χ1v) is 13.3. The van der Waals surface area contributed by atoms with E-state index in [4.69, 9.17) is 12.2 Å². The number of aliphatic imine (C=N–C) groups is 1. The number of allylic oxidation sites excluding steroid dienone is 1. The molecule has 2 saturated carbocycles. The first kappa shape index (κ1) is 21.5. The summed E-state index contributed by atoms with van der Waals surface area (Å²) in [6.45, 7) is 2.03. The van der Waals surface area contributed by atoms with Crippen molar-refractivity contribution in [3.63, 3.8) is 0 Å². The van der Waals surface area contributed by atoms with E-state index in [1.54, 1.807) is 0 Å². The Labute approximate surface area is 186 Å². The molecule has 2 fully saturated rings. The van der Waals surface area contributed by atoms with E-state index in [2.05, 4.69) is 25.9 Å². The van der Waals surface area contributed by atoms with Gasteiger partial charge in [-0.05, 0) is 55.6 Å². The number of hydrogen-bond donors (Lipinski definition) is 2. The van der Waals surface area contributed by atoms with Crippen LogP contribution in [0, 0.1) is 5.92 Å². The number of fused-ring (bicyclic) bond motifs is 1. The first-order chi connectivity index (χ1) is 14.3. The second kappa shape index (κ2) is 11.0. The van der Waals surface area contributed by atoms with Gasteiger partial charge in [-0.1, -0.05) is 69.5 Å². The Balaban J connectivity index is 1.34. The van der Waals surface area contributed by atoms with E-state index in [0.29, 0.717) is 18.0 Å². The van der Waals surface area contributed by atoms with Crippen molar-refractivity contribution in [1.29, 1.82) is 0 Å². The third-order valence-electron chi connectivity index (χ3n) is 7.09. The smallest absolute Gasteiger partial charge is 0.167 e. The highest BCUT2D eigenvalue weighted by atomic mass is 32.2. The van der Waals surface area contributed by atoms with Gasteiger partial charge in [0.15, 0.2) is 10.3 Å². The van der Waals surface area contributed by atoms with Crippen molar-refractivity contribution in [3.8, 4) is 0 Å². The predicted octanol–water partition coefficient (Wildman–Crippen LogP) is 5.55. The van der Waals surface area contributed by atoms with Gasteiger partial charge in [0.2, 0.25) is 0 Å². The maximum Gasteiger partial charge on any atom is 0.167 e. The van der Waals surface area contributed by atoms with Gasteiger partial charge < -0.3 is 15.5 Å². The lowest BCUT2D eigenvalue weighted by molar-refractivity contribution is 0.294. The molecule has 6 heteroatoms. The molecule has 4 nitrogen and oxygen atoms in total. The van der Waals surface area contributed by atoms with Crippen molar-refractivity contribution in [2.75, 3.05) is 13.1 Å². The van der Waals surface area contributed by atoms with Crippen molar-refractivity contribution < 1.29 is 0 Å². The van der Waals surface area contributed by atoms with Gasteiger partial charge in [0.05, 0.1) is 6.54 Å². The zero-order valence-electron chi connectivity index (χ0n) is 17.8. The van der Waals surface area contributed by atoms with E-state index in [0.717, 1.165) is 24.6 Å². The molecule has 0 aromatic heterocycles. The standard InChI is InChI=1S/C23H38N4S2/c28-22(25-19-11-7-2-1-3-8-12-19)26-21-13-9-5-4-6-10-18(21)16-20-17-29-23-24-14-15-27(20)23/h17-19,21H,1-16H2,(H2,25,26,28). The molecule has 0 bridgehead atoms. The van der Waals surface area contributed by atoms with E-state index in [1.165, 1.54) is 94.3 Å². The minimum atomic E-state index is 0.498. The third kappa shape index (κ3) is 6.13. The molecular formula is C23H38N4S2. The monoisotopic (exact) mass is 434 g/mol. The second-order valence-electron chi connectivity index (χ2n) is 9.27. The number of hydrogen-bond acceptors (Lipinski definition) is 4. The Morgan fingerprint density at radius 3 is 2.45 bits per heavy atom. The van der Waals surface area contributed by atoms with Gasteiger partial charge in [-0.25, -0.2) is 0 Å². The summed E-state index contributed by atoms with van der Waals surface area (Å²) in [5, 5.41) is 12.0. The molecule has 2 atom stereocenters. The van der Waals surface area contributed by atoms with Crippen LogP contribution in [0.25, 0.3) is 0 Å². The van der Waals surface area contributed by atoms with Crippen LogP contribution in [0.5, 0.6) is 0 Å². The number of rotatable bonds is 4. The van der Waals surface area contributed by atoms with Gasteiger partial charge in [0.1, 0.15) is 0 Å². The van der Waals surface area contributed by atoms with Crippen LogP contribution >= 0.6 is 24.0 Å². The van der Waals surface area contributed by atoms with Crippen LogP contribution in [0.3, 0.4) is 0 Å². The molecule has 0 aromatic carbocycles. The van der Waals surface area contributed by atoms with Gasteiger partial charge in [0.25, 0.3) is 0 Å². The summed E-state index contributed by atoms with van der Waals surface area (Å²) in [5.41, 5.74) is 1.49. The molecule has 29 heavy (non-hydrogen) atoms. The van der Waals surface area contributed by atoms with E-state index < -0.39 is 0 Å². The molecule has 2 N–H and O–H groups in total. The molecule has 0 radical (unpaired) electrons. The summed E-state index contributed by atoms with van der Waals surface area (Å²) < 4.78 is 0. The van der Waals surface area contributed by atoms with Crippen LogP contribution in [0.1, 0.15) is 89.9 Å². The molecule has 0 amide bonds. The zero-order valence-corrected chi connectivity index (χ0v) is 19.5. The average Bonchev–Trinajstić information content (AvgIpc) is 3.27. The van der Waals surface area contributed by atoms with Crippen LogP contribution in [0.4, 0.5) is 0 Å². The highest BCUT2D eigenvalue weighted by Crippen LogP contribution is 2.36. The number of thiocarbonyl (C=S) groups is 1. The minimum absolute atomic E-state index is 0.498. The Morgan fingerprint density at radius 1 is 0.966 bits per heavy atom. The van der Waals surface area contributed by atoms with Gasteiger partial charge in [-0.3, -0.25) is 4.99 Å². The molecule has 2 aliphatic carbocycles. The normalized spacial score (nSPS) is 29.0. The minimum Gasteiger partial charge on any atom is -0.360 e. The van der Waals surface area contributed by atoms with E-state index in [1.807, 2.05) is 11.8 Å². The van der Waals surface area contributed by atoms with Crippen LogP contribution in [0.15, 0.2) is 16.1 Å². The number of nitrogens with zero attached hydrogens (tertiary/aromatic N) is 2. The zero-order chi connectivity index (χ0) is 19.9. The van der Waals surface area contributed by atoms with Crippen LogP contribution in [-0.2, 0) is 0 Å². The molecule has 0 aromatic rings. The van der Waals surface area contributed by atoms with E-state index in [-0.39, 0.29) is 0 Å². The summed E-state index contributed by atoms with van der Waals surface area (Å²) in [6.07, 6.45) is 18.6. The summed E-state index contributed by atoms with van der Waals surface area (Å²) in [6, 6.07) is 1.07. The molecule has 4 rings (SSSR count). The van der Waals surface area contributed by atoms with Crippen LogP contribution in [0.2, 0.25) is 0 Å². The molecule has 0 spiro atoms. The maximum absolute atomic E-state index is 5.81. The SMILES string of the molecule is S=C(NC1CCCCCCC1)NC1CCCCCCC1CC1=CSC2=NCCN12. The van der Waals surface area contributed by atoms with E-state index in [9.17, 15) is 0 Å². The van der Waals surface area contributed by atoms with Crippen LogP contribution in [-0.4, -0.2) is 40.4 Å². The van der Waals surface area contributed by atoms with Gasteiger partial charge >= 0.3 is 0 Å². The summed E-state index contributed by atoms with van der Waals surface area (Å²) in [4.78, 5) is 7.08. The predicted molar refractivity (Wildman–Crippen MR) is 129 cm³/mol. The Bertz CT molecular complexity index is 610. The Kier molecular flexibility index (Phi) is 8.17. The molecule has 2 aliphatic heterocycles. The van der Waals surface area contributed by atoms with Crippen molar-refractivity contribution >= 4 is 34.3 Å². The largest absolute Gasteiger partial charge is 0.360 e. The van der Waals surface area contributed by atoms with E-state index >= 15 is 0 Å².